The lowest BCUT2D eigenvalue weighted by Gasteiger charge is -1.97. The van der Waals surface area contributed by atoms with Crippen LogP contribution in [0, 0.1) is 0 Å². The van der Waals surface area contributed by atoms with Gasteiger partial charge in [-0.1, -0.05) is 24.3 Å². The molecule has 3 N–H and O–H groups in total. The van der Waals surface area contributed by atoms with E-state index in [2.05, 4.69) is 25.4 Å². The summed E-state index contributed by atoms with van der Waals surface area (Å²) in [7, 11) is 0. The molecule has 0 unspecified atom stereocenters. The molecule has 0 saturated heterocycles. The smallest absolute Gasteiger partial charge is 0.173 e. The van der Waals surface area contributed by atoms with Crippen LogP contribution in [-0.4, -0.2) is 15.2 Å². The normalized spacial score (nSPS) is 11.0. The number of aromatic nitrogens is 3. The Hall–Kier alpha value is -3.02. The van der Waals surface area contributed by atoms with Crippen LogP contribution >= 0.6 is 0 Å². The molecule has 0 saturated carbocycles. The fourth-order valence-electron chi connectivity index (χ4n) is 1.74. The number of nitrogens with one attached hydrogen (secondary N) is 1. The molecule has 0 spiro atoms. The Bertz CT molecular complexity index is 718. The summed E-state index contributed by atoms with van der Waals surface area (Å²) >= 11 is 0. The van der Waals surface area contributed by atoms with E-state index in [9.17, 15) is 0 Å². The number of hydrogen-bond donors (Lipinski definition) is 2. The molecule has 2 aromatic heterocycles. The van der Waals surface area contributed by atoms with Gasteiger partial charge in [0, 0.05) is 6.20 Å². The molecule has 0 amide bonds. The van der Waals surface area contributed by atoms with Gasteiger partial charge in [0.2, 0.25) is 0 Å². The van der Waals surface area contributed by atoms with Crippen molar-refractivity contribution in [3.05, 3.63) is 54.7 Å². The Balaban J connectivity index is 1.98. The number of benzene rings is 1. The molecule has 20 heavy (non-hydrogen) atoms. The van der Waals surface area contributed by atoms with Crippen molar-refractivity contribution in [3.63, 3.8) is 0 Å². The van der Waals surface area contributed by atoms with Crippen LogP contribution in [0.3, 0.4) is 0 Å². The van der Waals surface area contributed by atoms with Crippen molar-refractivity contribution in [3.8, 4) is 11.4 Å². The van der Waals surface area contributed by atoms with Crippen LogP contribution < -0.4 is 5.73 Å². The Morgan fingerprint density at radius 2 is 1.75 bits per heavy atom. The maximum atomic E-state index is 5.82. The van der Waals surface area contributed by atoms with Crippen LogP contribution in [0.2, 0.25) is 0 Å². The van der Waals surface area contributed by atoms with Gasteiger partial charge in [-0.25, -0.2) is 0 Å². The quantitative estimate of drug-likeness (QED) is 0.709. The van der Waals surface area contributed by atoms with E-state index in [0.717, 1.165) is 11.4 Å². The van der Waals surface area contributed by atoms with Gasteiger partial charge in [0.1, 0.15) is 5.69 Å². The molecule has 6 nitrogen and oxygen atoms in total. The molecule has 0 fully saturated rings. The molecule has 3 rings (SSSR count). The van der Waals surface area contributed by atoms with Crippen LogP contribution in [0.25, 0.3) is 11.4 Å². The largest absolute Gasteiger partial charge is 0.380 e. The van der Waals surface area contributed by atoms with Gasteiger partial charge in [-0.15, -0.1) is 5.11 Å². The van der Waals surface area contributed by atoms with E-state index in [0.29, 0.717) is 17.2 Å². The minimum Gasteiger partial charge on any atom is -0.380 e. The topological polar surface area (TPSA) is 92.3 Å². The number of pyridine rings is 1. The van der Waals surface area contributed by atoms with Gasteiger partial charge in [-0.05, 0) is 24.3 Å². The molecule has 0 aliphatic carbocycles. The van der Waals surface area contributed by atoms with Gasteiger partial charge in [0.15, 0.2) is 11.5 Å². The molecular weight excluding hydrogens is 252 g/mol. The van der Waals surface area contributed by atoms with Crippen LogP contribution in [0.5, 0.6) is 0 Å². The van der Waals surface area contributed by atoms with E-state index in [1.165, 1.54) is 0 Å². The molecule has 0 bridgehead atoms. The molecule has 1 aromatic carbocycles. The van der Waals surface area contributed by atoms with Gasteiger partial charge in [-0.3, -0.25) is 10.1 Å². The number of aromatic amines is 1. The summed E-state index contributed by atoms with van der Waals surface area (Å²) in [5.41, 5.74) is 8.44. The minimum absolute atomic E-state index is 0.297. The molecular formula is C14H12N6. The van der Waals surface area contributed by atoms with Crippen molar-refractivity contribution in [1.82, 2.24) is 15.2 Å². The fourth-order valence-corrected chi connectivity index (χ4v) is 1.74. The Morgan fingerprint density at radius 3 is 2.50 bits per heavy atom. The zero-order valence-corrected chi connectivity index (χ0v) is 10.6. The minimum atomic E-state index is 0.297. The molecule has 3 aromatic rings. The SMILES string of the molecule is Nc1n[nH]c(-c2ccccn2)c1N=Nc1ccccc1. The van der Waals surface area contributed by atoms with E-state index < -0.39 is 0 Å². The fraction of sp³-hybridized carbons (Fsp3) is 0. The molecule has 0 aliphatic heterocycles. The zero-order valence-electron chi connectivity index (χ0n) is 10.6. The summed E-state index contributed by atoms with van der Waals surface area (Å²) in [6.07, 6.45) is 1.70. The van der Waals surface area contributed by atoms with Crippen LogP contribution in [0.1, 0.15) is 0 Å². The highest BCUT2D eigenvalue weighted by Crippen LogP contribution is 2.32. The first kappa shape index (κ1) is 12.0. The number of nitrogens with zero attached hydrogens (tertiary/aromatic N) is 4. The highest BCUT2D eigenvalue weighted by molar-refractivity contribution is 5.77. The summed E-state index contributed by atoms with van der Waals surface area (Å²) < 4.78 is 0. The van der Waals surface area contributed by atoms with Gasteiger partial charge in [-0.2, -0.15) is 10.2 Å². The Labute approximate surface area is 115 Å². The number of hydrogen-bond acceptors (Lipinski definition) is 5. The van der Waals surface area contributed by atoms with Crippen molar-refractivity contribution < 1.29 is 0 Å². The van der Waals surface area contributed by atoms with E-state index in [-0.39, 0.29) is 0 Å². The Kier molecular flexibility index (Phi) is 3.20. The van der Waals surface area contributed by atoms with Crippen LogP contribution in [-0.2, 0) is 0 Å². The second-order valence-corrected chi connectivity index (χ2v) is 4.08. The number of nitrogens with two attached hydrogens (primary N) is 1. The number of anilines is 1. The first-order valence-electron chi connectivity index (χ1n) is 6.06. The first-order chi connectivity index (χ1) is 9.84. The number of rotatable bonds is 3. The third kappa shape index (κ3) is 2.39. The maximum Gasteiger partial charge on any atom is 0.173 e. The van der Waals surface area contributed by atoms with Gasteiger partial charge < -0.3 is 5.73 Å². The second kappa shape index (κ2) is 5.31. The van der Waals surface area contributed by atoms with Crippen molar-refractivity contribution in [1.29, 1.82) is 0 Å². The molecule has 0 aliphatic rings. The Morgan fingerprint density at radius 1 is 0.950 bits per heavy atom. The molecule has 0 radical (unpaired) electrons. The maximum absolute atomic E-state index is 5.82. The number of H-pyrrole nitrogens is 1. The van der Waals surface area contributed by atoms with Gasteiger partial charge in [0.25, 0.3) is 0 Å². The molecule has 0 atom stereocenters. The third-order valence-electron chi connectivity index (χ3n) is 2.71. The molecule has 98 valence electrons. The highest BCUT2D eigenvalue weighted by atomic mass is 15.2. The highest BCUT2D eigenvalue weighted by Gasteiger charge is 2.13. The second-order valence-electron chi connectivity index (χ2n) is 4.08. The van der Waals surface area contributed by atoms with Crippen LogP contribution in [0.4, 0.5) is 17.2 Å². The third-order valence-corrected chi connectivity index (χ3v) is 2.71. The number of nitrogen functional groups attached to an aromatic ring is 1. The van der Waals surface area contributed by atoms with Crippen LogP contribution in [0.15, 0.2) is 65.0 Å². The van der Waals surface area contributed by atoms with Gasteiger partial charge >= 0.3 is 0 Å². The zero-order chi connectivity index (χ0) is 13.8. The summed E-state index contributed by atoms with van der Waals surface area (Å²) in [6, 6.07) is 15.0. The summed E-state index contributed by atoms with van der Waals surface area (Å²) in [4.78, 5) is 4.25. The first-order valence-corrected chi connectivity index (χ1v) is 6.06. The van der Waals surface area contributed by atoms with E-state index in [1.54, 1.807) is 6.20 Å². The summed E-state index contributed by atoms with van der Waals surface area (Å²) in [6.45, 7) is 0. The lowest BCUT2D eigenvalue weighted by molar-refractivity contribution is 1.09. The van der Waals surface area contributed by atoms with E-state index >= 15 is 0 Å². The van der Waals surface area contributed by atoms with Gasteiger partial charge in [0.05, 0.1) is 11.4 Å². The summed E-state index contributed by atoms with van der Waals surface area (Å²) in [5.74, 6) is 0.297. The molecule has 6 heteroatoms. The standard InChI is InChI=1S/C14H12N6/c15-14-13(19-17-10-6-2-1-3-7-10)12(18-20-14)11-8-4-5-9-16-11/h1-9H,(H3,15,18,20). The predicted octanol–water partition coefficient (Wildman–Crippen LogP) is 3.47. The average molecular weight is 264 g/mol. The predicted molar refractivity (Wildman–Crippen MR) is 76.8 cm³/mol. The monoisotopic (exact) mass is 264 g/mol. The lowest BCUT2D eigenvalue weighted by Crippen LogP contribution is -1.83. The van der Waals surface area contributed by atoms with E-state index in [1.807, 2.05) is 48.5 Å². The number of azo groups is 1. The average Bonchev–Trinajstić information content (AvgIpc) is 2.88. The van der Waals surface area contributed by atoms with Crippen molar-refractivity contribution in [2.45, 2.75) is 0 Å². The van der Waals surface area contributed by atoms with Crippen molar-refractivity contribution in [2.75, 3.05) is 5.73 Å². The van der Waals surface area contributed by atoms with Crippen molar-refractivity contribution >= 4 is 17.2 Å². The van der Waals surface area contributed by atoms with Crippen molar-refractivity contribution in [2.24, 2.45) is 10.2 Å². The summed E-state index contributed by atoms with van der Waals surface area (Å²) in [5, 5.41) is 15.1. The van der Waals surface area contributed by atoms with E-state index in [4.69, 9.17) is 5.73 Å². The molecule has 2 heterocycles. The lowest BCUT2D eigenvalue weighted by atomic mass is 10.2.